The summed E-state index contributed by atoms with van der Waals surface area (Å²) < 4.78 is 10.3. The van der Waals surface area contributed by atoms with Crippen LogP contribution in [0.15, 0.2) is 24.8 Å². The Hall–Kier alpha value is -1.58. The normalized spacial score (nSPS) is 21.0. The van der Waals surface area contributed by atoms with Gasteiger partial charge in [-0.3, -0.25) is 0 Å². The van der Waals surface area contributed by atoms with Crippen LogP contribution in [0.3, 0.4) is 0 Å². The van der Waals surface area contributed by atoms with E-state index < -0.39 is 17.7 Å². The zero-order valence-electron chi connectivity index (χ0n) is 9.62. The molecule has 0 N–H and O–H groups in total. The zero-order valence-corrected chi connectivity index (χ0v) is 9.62. The van der Waals surface area contributed by atoms with Crippen molar-refractivity contribution in [2.75, 3.05) is 0 Å². The number of allylic oxidation sites excluding steroid dienone is 1. The maximum atomic E-state index is 11.4. The molecule has 1 heterocycles. The van der Waals surface area contributed by atoms with E-state index in [0.717, 1.165) is 6.42 Å². The van der Waals surface area contributed by atoms with Crippen LogP contribution < -0.4 is 0 Å². The van der Waals surface area contributed by atoms with Crippen molar-refractivity contribution < 1.29 is 19.1 Å². The Morgan fingerprint density at radius 3 is 2.25 bits per heavy atom. The minimum atomic E-state index is -1.21. The molecule has 0 bridgehead atoms. The molecule has 1 fully saturated rings. The van der Waals surface area contributed by atoms with E-state index in [9.17, 15) is 9.59 Å². The lowest BCUT2D eigenvalue weighted by atomic mass is 9.92. The highest BCUT2D eigenvalue weighted by molar-refractivity contribution is 6.14. The van der Waals surface area contributed by atoms with Crippen molar-refractivity contribution in [1.29, 1.82) is 0 Å². The molecule has 16 heavy (non-hydrogen) atoms. The Bertz CT molecular complexity index is 323. The van der Waals surface area contributed by atoms with E-state index in [1.165, 1.54) is 0 Å². The molecule has 4 nitrogen and oxygen atoms in total. The van der Waals surface area contributed by atoms with Gasteiger partial charge in [-0.05, 0) is 12.8 Å². The Morgan fingerprint density at radius 2 is 1.88 bits per heavy atom. The number of cyclic esters (lactones) is 2. The molecule has 0 aromatic heterocycles. The second-order valence-corrected chi connectivity index (χ2v) is 3.90. The van der Waals surface area contributed by atoms with Crippen LogP contribution in [0, 0.1) is 5.92 Å². The van der Waals surface area contributed by atoms with Gasteiger partial charge >= 0.3 is 11.9 Å². The molecule has 1 saturated heterocycles. The highest BCUT2D eigenvalue weighted by Crippen LogP contribution is 2.33. The fraction of sp³-hybridized carbons (Fsp3) is 0.500. The summed E-state index contributed by atoms with van der Waals surface area (Å²) >= 11 is 0. The van der Waals surface area contributed by atoms with E-state index in [1.54, 1.807) is 13.0 Å². The third-order valence-corrected chi connectivity index (χ3v) is 2.77. The van der Waals surface area contributed by atoms with Crippen molar-refractivity contribution in [1.82, 2.24) is 0 Å². The van der Waals surface area contributed by atoms with Gasteiger partial charge in [-0.2, -0.15) is 0 Å². The molecular formula is C12H16O4. The number of carbonyl (C=O) groups excluding carboxylic acids is 2. The van der Waals surface area contributed by atoms with E-state index in [4.69, 9.17) is 9.47 Å². The molecule has 0 spiro atoms. The Balaban J connectivity index is 2.92. The van der Waals surface area contributed by atoms with Crippen LogP contribution in [0.4, 0.5) is 0 Å². The number of carbonyl (C=O) groups is 2. The molecular weight excluding hydrogens is 208 g/mol. The molecule has 88 valence electrons. The monoisotopic (exact) mass is 224 g/mol. The zero-order chi connectivity index (χ0) is 12.3. The first-order valence-electron chi connectivity index (χ1n) is 5.21. The van der Waals surface area contributed by atoms with Gasteiger partial charge in [0.05, 0.1) is 0 Å². The maximum Gasteiger partial charge on any atom is 0.348 e. The molecule has 0 amide bonds. The molecule has 0 unspecified atom stereocenters. The van der Waals surface area contributed by atoms with E-state index in [-0.39, 0.29) is 11.5 Å². The minimum Gasteiger partial charge on any atom is -0.419 e. The summed E-state index contributed by atoms with van der Waals surface area (Å²) in [6, 6.07) is 0. The maximum absolute atomic E-state index is 11.4. The summed E-state index contributed by atoms with van der Waals surface area (Å²) in [5.74, 6) is -2.72. The van der Waals surface area contributed by atoms with Crippen LogP contribution in [-0.2, 0) is 19.1 Å². The van der Waals surface area contributed by atoms with Gasteiger partial charge in [-0.15, -0.1) is 6.58 Å². The van der Waals surface area contributed by atoms with Crippen LogP contribution >= 0.6 is 0 Å². The van der Waals surface area contributed by atoms with Crippen molar-refractivity contribution >= 4 is 11.9 Å². The van der Waals surface area contributed by atoms with Gasteiger partial charge in [0.15, 0.2) is 0 Å². The summed E-state index contributed by atoms with van der Waals surface area (Å²) in [5.41, 5.74) is -0.258. The molecule has 1 atom stereocenters. The number of hydrogen-bond acceptors (Lipinski definition) is 4. The average molecular weight is 224 g/mol. The average Bonchev–Trinajstić information content (AvgIpc) is 2.22. The predicted octanol–water partition coefficient (Wildman–Crippen LogP) is 1.96. The second kappa shape index (κ2) is 4.51. The third kappa shape index (κ3) is 2.15. The third-order valence-electron chi connectivity index (χ3n) is 2.77. The van der Waals surface area contributed by atoms with Gasteiger partial charge in [0, 0.05) is 12.8 Å². The Kier molecular flexibility index (Phi) is 3.52. The first-order chi connectivity index (χ1) is 7.44. The highest BCUT2D eigenvalue weighted by Gasteiger charge is 2.46. The highest BCUT2D eigenvalue weighted by atomic mass is 16.7. The number of hydrogen-bond donors (Lipinski definition) is 0. The van der Waals surface area contributed by atoms with Crippen LogP contribution in [0.1, 0.15) is 26.7 Å². The smallest absolute Gasteiger partial charge is 0.348 e. The van der Waals surface area contributed by atoms with E-state index in [1.807, 2.05) is 6.92 Å². The van der Waals surface area contributed by atoms with Gasteiger partial charge in [0.2, 0.25) is 0 Å². The fourth-order valence-electron chi connectivity index (χ4n) is 1.71. The first kappa shape index (κ1) is 12.5. The standard InChI is InChI=1S/C12H16O4/c1-5-7-9(6-2)12(4)15-10(13)8(3)11(14)16-12/h5,9H,1,3,6-7H2,2,4H3/t9-/m1/s1. The first-order valence-corrected chi connectivity index (χ1v) is 5.21. The summed E-state index contributed by atoms with van der Waals surface area (Å²) in [7, 11) is 0. The minimum absolute atomic E-state index is 0.0917. The molecule has 0 aliphatic carbocycles. The molecule has 1 rings (SSSR count). The van der Waals surface area contributed by atoms with Crippen LogP contribution in [-0.4, -0.2) is 17.7 Å². The van der Waals surface area contributed by atoms with E-state index in [0.29, 0.717) is 6.42 Å². The molecule has 0 radical (unpaired) electrons. The van der Waals surface area contributed by atoms with Gasteiger partial charge in [-0.25, -0.2) is 9.59 Å². The molecule has 4 heteroatoms. The van der Waals surface area contributed by atoms with Gasteiger partial charge < -0.3 is 9.47 Å². The summed E-state index contributed by atoms with van der Waals surface area (Å²) in [6.45, 7) is 10.5. The van der Waals surface area contributed by atoms with Gasteiger partial charge in [-0.1, -0.05) is 19.6 Å². The lowest BCUT2D eigenvalue weighted by Crippen LogP contribution is -2.49. The Morgan fingerprint density at radius 1 is 1.38 bits per heavy atom. The molecule has 0 aromatic rings. The van der Waals surface area contributed by atoms with Crippen molar-refractivity contribution in [3.63, 3.8) is 0 Å². The number of esters is 2. The van der Waals surface area contributed by atoms with Crippen molar-refractivity contribution in [3.8, 4) is 0 Å². The number of ether oxygens (including phenoxy) is 2. The summed E-state index contributed by atoms with van der Waals surface area (Å²) in [4.78, 5) is 22.8. The lowest BCUT2D eigenvalue weighted by Gasteiger charge is -2.38. The van der Waals surface area contributed by atoms with Gasteiger partial charge in [0.1, 0.15) is 5.57 Å². The van der Waals surface area contributed by atoms with Crippen LogP contribution in [0.5, 0.6) is 0 Å². The molecule has 0 aromatic carbocycles. The van der Waals surface area contributed by atoms with Crippen molar-refractivity contribution in [2.24, 2.45) is 5.92 Å². The largest absolute Gasteiger partial charge is 0.419 e. The fourth-order valence-corrected chi connectivity index (χ4v) is 1.71. The van der Waals surface area contributed by atoms with Crippen LogP contribution in [0.25, 0.3) is 0 Å². The number of rotatable bonds is 4. The quantitative estimate of drug-likeness (QED) is 0.317. The van der Waals surface area contributed by atoms with E-state index >= 15 is 0 Å². The SMILES string of the molecule is C=CC[C@@H](CC)C1(C)OC(=O)C(=C)C(=O)O1. The predicted molar refractivity (Wildman–Crippen MR) is 58.3 cm³/mol. The summed E-state index contributed by atoms with van der Waals surface area (Å²) in [6.07, 6.45) is 3.04. The summed E-state index contributed by atoms with van der Waals surface area (Å²) in [5, 5.41) is 0. The van der Waals surface area contributed by atoms with Gasteiger partial charge in [0.25, 0.3) is 5.79 Å². The topological polar surface area (TPSA) is 52.6 Å². The molecule has 1 aliphatic heterocycles. The lowest BCUT2D eigenvalue weighted by molar-refractivity contribution is -0.246. The second-order valence-electron chi connectivity index (χ2n) is 3.90. The van der Waals surface area contributed by atoms with Crippen molar-refractivity contribution in [3.05, 3.63) is 24.8 Å². The van der Waals surface area contributed by atoms with Crippen LogP contribution in [0.2, 0.25) is 0 Å². The van der Waals surface area contributed by atoms with Crippen molar-refractivity contribution in [2.45, 2.75) is 32.5 Å². The van der Waals surface area contributed by atoms with E-state index in [2.05, 4.69) is 13.2 Å². The molecule has 0 saturated carbocycles. The Labute approximate surface area is 94.9 Å². The molecule has 1 aliphatic rings.